The number of aliphatic hydroxyl groups is 1. The van der Waals surface area contributed by atoms with Crippen LogP contribution in [0.25, 0.3) is 0 Å². The molecule has 0 aliphatic carbocycles. The number of nitro groups is 1. The Bertz CT molecular complexity index is 599. The van der Waals surface area contributed by atoms with E-state index in [1.165, 1.54) is 18.3 Å². The first-order chi connectivity index (χ1) is 9.56. The van der Waals surface area contributed by atoms with Crippen molar-refractivity contribution in [3.05, 3.63) is 63.8 Å². The molecule has 1 atom stereocenters. The lowest BCUT2D eigenvalue weighted by Crippen LogP contribution is -2.13. The summed E-state index contributed by atoms with van der Waals surface area (Å²) in [5.74, 6) is 0.488. The van der Waals surface area contributed by atoms with Crippen molar-refractivity contribution in [3.8, 4) is 0 Å². The molecule has 2 rings (SSSR count). The fourth-order valence-electron chi connectivity index (χ4n) is 1.80. The van der Waals surface area contributed by atoms with Crippen LogP contribution in [0.4, 0.5) is 11.5 Å². The molecule has 0 fully saturated rings. The van der Waals surface area contributed by atoms with Crippen LogP contribution in [0.1, 0.15) is 17.2 Å². The maximum absolute atomic E-state index is 10.5. The third-order valence-electron chi connectivity index (χ3n) is 2.86. The van der Waals surface area contributed by atoms with Gasteiger partial charge < -0.3 is 10.4 Å². The number of benzene rings is 1. The highest BCUT2D eigenvalue weighted by Gasteiger charge is 2.09. The van der Waals surface area contributed by atoms with Gasteiger partial charge in [0.25, 0.3) is 5.69 Å². The van der Waals surface area contributed by atoms with E-state index in [4.69, 9.17) is 0 Å². The zero-order valence-corrected chi connectivity index (χ0v) is 11.0. The van der Waals surface area contributed by atoms with E-state index in [2.05, 4.69) is 10.3 Å². The molecule has 104 valence electrons. The molecule has 0 saturated carbocycles. The number of nitrogens with one attached hydrogen (secondary N) is 1. The molecule has 0 amide bonds. The van der Waals surface area contributed by atoms with Crippen molar-refractivity contribution in [1.29, 1.82) is 0 Å². The highest BCUT2D eigenvalue weighted by molar-refractivity contribution is 5.40. The Labute approximate surface area is 116 Å². The lowest BCUT2D eigenvalue weighted by atomic mass is 10.1. The van der Waals surface area contributed by atoms with Crippen LogP contribution in [0, 0.1) is 17.0 Å². The van der Waals surface area contributed by atoms with Gasteiger partial charge in [0.2, 0.25) is 0 Å². The molecule has 1 aromatic heterocycles. The molecule has 0 radical (unpaired) electrons. The van der Waals surface area contributed by atoms with Crippen LogP contribution in [0.3, 0.4) is 0 Å². The van der Waals surface area contributed by atoms with Crippen molar-refractivity contribution in [2.45, 2.75) is 13.0 Å². The Hall–Kier alpha value is -2.47. The van der Waals surface area contributed by atoms with Crippen LogP contribution in [-0.2, 0) is 0 Å². The monoisotopic (exact) mass is 273 g/mol. The van der Waals surface area contributed by atoms with E-state index in [0.29, 0.717) is 5.82 Å². The summed E-state index contributed by atoms with van der Waals surface area (Å²) >= 11 is 0. The molecule has 0 aliphatic rings. The van der Waals surface area contributed by atoms with Gasteiger partial charge in [-0.3, -0.25) is 10.1 Å². The first kappa shape index (κ1) is 14.0. The zero-order chi connectivity index (χ0) is 14.5. The van der Waals surface area contributed by atoms with Crippen molar-refractivity contribution >= 4 is 11.5 Å². The van der Waals surface area contributed by atoms with Gasteiger partial charge in [-0.1, -0.05) is 29.8 Å². The van der Waals surface area contributed by atoms with Gasteiger partial charge in [-0.15, -0.1) is 0 Å². The first-order valence-electron chi connectivity index (χ1n) is 6.15. The summed E-state index contributed by atoms with van der Waals surface area (Å²) in [7, 11) is 0. The lowest BCUT2D eigenvalue weighted by Gasteiger charge is -2.13. The Balaban J connectivity index is 1.96. The normalized spacial score (nSPS) is 11.9. The summed E-state index contributed by atoms with van der Waals surface area (Å²) in [6.07, 6.45) is 0.522. The van der Waals surface area contributed by atoms with Gasteiger partial charge in [0, 0.05) is 12.6 Å². The molecular weight excluding hydrogens is 258 g/mol. The van der Waals surface area contributed by atoms with Gasteiger partial charge in [0.1, 0.15) is 12.0 Å². The van der Waals surface area contributed by atoms with Crippen molar-refractivity contribution in [2.24, 2.45) is 0 Å². The fourth-order valence-corrected chi connectivity index (χ4v) is 1.80. The van der Waals surface area contributed by atoms with Gasteiger partial charge in [0.05, 0.1) is 11.0 Å². The average molecular weight is 273 g/mol. The maximum atomic E-state index is 10.5. The molecule has 20 heavy (non-hydrogen) atoms. The van der Waals surface area contributed by atoms with E-state index in [-0.39, 0.29) is 12.2 Å². The Morgan fingerprint density at radius 1 is 1.40 bits per heavy atom. The van der Waals surface area contributed by atoms with E-state index in [9.17, 15) is 15.2 Å². The smallest absolute Gasteiger partial charge is 0.287 e. The first-order valence-corrected chi connectivity index (χ1v) is 6.15. The van der Waals surface area contributed by atoms with Crippen LogP contribution in [0.15, 0.2) is 42.6 Å². The SMILES string of the molecule is Cc1cccc(C(O)CNc2ccc([N+](=O)[O-])cn2)c1. The molecule has 6 nitrogen and oxygen atoms in total. The van der Waals surface area contributed by atoms with E-state index >= 15 is 0 Å². The minimum Gasteiger partial charge on any atom is -0.387 e. The minimum absolute atomic E-state index is 0.0604. The van der Waals surface area contributed by atoms with Crippen LogP contribution in [0.5, 0.6) is 0 Å². The van der Waals surface area contributed by atoms with Gasteiger partial charge in [0.15, 0.2) is 0 Å². The average Bonchev–Trinajstić information content (AvgIpc) is 2.45. The molecule has 2 aromatic rings. The van der Waals surface area contributed by atoms with Crippen LogP contribution in [-0.4, -0.2) is 21.6 Å². The number of aliphatic hydroxyl groups excluding tert-OH is 1. The highest BCUT2D eigenvalue weighted by atomic mass is 16.6. The third kappa shape index (κ3) is 3.52. The maximum Gasteiger partial charge on any atom is 0.287 e. The van der Waals surface area contributed by atoms with Gasteiger partial charge >= 0.3 is 0 Å². The Kier molecular flexibility index (Phi) is 4.27. The lowest BCUT2D eigenvalue weighted by molar-refractivity contribution is -0.385. The minimum atomic E-state index is -0.660. The second-order valence-electron chi connectivity index (χ2n) is 4.47. The van der Waals surface area contributed by atoms with Gasteiger partial charge in [-0.05, 0) is 18.6 Å². The predicted octanol–water partition coefficient (Wildman–Crippen LogP) is 2.44. The molecule has 0 spiro atoms. The molecular formula is C14H15N3O3. The predicted molar refractivity (Wildman–Crippen MR) is 75.5 cm³/mol. The molecule has 0 bridgehead atoms. The van der Waals surface area contributed by atoms with Crippen molar-refractivity contribution in [1.82, 2.24) is 4.98 Å². The number of pyridine rings is 1. The Morgan fingerprint density at radius 2 is 2.20 bits per heavy atom. The molecule has 1 unspecified atom stereocenters. The number of anilines is 1. The molecule has 0 saturated heterocycles. The summed E-state index contributed by atoms with van der Waals surface area (Å²) < 4.78 is 0. The molecule has 1 heterocycles. The van der Waals surface area contributed by atoms with Crippen LogP contribution in [0.2, 0.25) is 0 Å². The summed E-state index contributed by atoms with van der Waals surface area (Å²) in [5.41, 5.74) is 1.84. The summed E-state index contributed by atoms with van der Waals surface area (Å²) in [6.45, 7) is 2.25. The second kappa shape index (κ2) is 6.12. The molecule has 2 N–H and O–H groups in total. The summed E-state index contributed by atoms with van der Waals surface area (Å²) in [5, 5.41) is 23.5. The molecule has 1 aromatic carbocycles. The molecule has 6 heteroatoms. The van der Waals surface area contributed by atoms with Crippen molar-refractivity contribution in [3.63, 3.8) is 0 Å². The van der Waals surface area contributed by atoms with Crippen molar-refractivity contribution in [2.75, 3.05) is 11.9 Å². The van der Waals surface area contributed by atoms with E-state index in [1.807, 2.05) is 31.2 Å². The highest BCUT2D eigenvalue weighted by Crippen LogP contribution is 2.16. The summed E-state index contributed by atoms with van der Waals surface area (Å²) in [6, 6.07) is 10.5. The largest absolute Gasteiger partial charge is 0.387 e. The second-order valence-corrected chi connectivity index (χ2v) is 4.47. The van der Waals surface area contributed by atoms with E-state index in [0.717, 1.165) is 11.1 Å². The van der Waals surface area contributed by atoms with Crippen LogP contribution < -0.4 is 5.32 Å². The van der Waals surface area contributed by atoms with Crippen LogP contribution >= 0.6 is 0 Å². The Morgan fingerprint density at radius 3 is 2.80 bits per heavy atom. The fraction of sp³-hybridized carbons (Fsp3) is 0.214. The topological polar surface area (TPSA) is 88.3 Å². The quantitative estimate of drug-likeness (QED) is 0.645. The third-order valence-corrected chi connectivity index (χ3v) is 2.86. The van der Waals surface area contributed by atoms with Crippen molar-refractivity contribution < 1.29 is 10.0 Å². The summed E-state index contributed by atoms with van der Waals surface area (Å²) in [4.78, 5) is 13.9. The number of nitrogens with zero attached hydrogens (tertiary/aromatic N) is 2. The van der Waals surface area contributed by atoms with Gasteiger partial charge in [-0.2, -0.15) is 0 Å². The standard InChI is InChI=1S/C14H15N3O3/c1-10-3-2-4-11(7-10)13(18)9-16-14-6-5-12(8-15-14)17(19)20/h2-8,13,18H,9H2,1H3,(H,15,16). The number of hydrogen-bond acceptors (Lipinski definition) is 5. The van der Waals surface area contributed by atoms with E-state index < -0.39 is 11.0 Å². The van der Waals surface area contributed by atoms with E-state index in [1.54, 1.807) is 0 Å². The number of aryl methyl sites for hydroxylation is 1. The number of aromatic nitrogens is 1. The number of hydrogen-bond donors (Lipinski definition) is 2. The van der Waals surface area contributed by atoms with Gasteiger partial charge in [-0.25, -0.2) is 4.98 Å². The zero-order valence-electron chi connectivity index (χ0n) is 11.0. The number of rotatable bonds is 5. The molecule has 0 aliphatic heterocycles.